The van der Waals surface area contributed by atoms with Crippen LogP contribution in [0, 0.1) is 5.95 Å². The Kier molecular flexibility index (Phi) is 6.80. The van der Waals surface area contributed by atoms with Crippen molar-refractivity contribution in [3.63, 3.8) is 0 Å². The van der Waals surface area contributed by atoms with Gasteiger partial charge in [0, 0.05) is 50.2 Å². The van der Waals surface area contributed by atoms with Crippen molar-refractivity contribution in [1.29, 1.82) is 0 Å². The normalized spacial score (nSPS) is 18.7. The number of hydrogen-bond acceptors (Lipinski definition) is 7. The number of likely N-dealkylation sites (tertiary alicyclic amines) is 1. The Morgan fingerprint density at radius 2 is 1.88 bits per heavy atom. The molecule has 2 aliphatic heterocycles. The minimum atomic E-state index is -0.504. The molecule has 0 atom stereocenters. The van der Waals surface area contributed by atoms with Crippen molar-refractivity contribution in [1.82, 2.24) is 29.3 Å². The molecule has 0 bridgehead atoms. The monoisotopic (exact) mass is 453 g/mol. The molecule has 9 heteroatoms. The van der Waals surface area contributed by atoms with Crippen LogP contribution in [0.2, 0.25) is 0 Å². The largest absolute Gasteiger partial charge is 0.379 e. The standard InChI is InChI=1S/C24H32FN7O/c1-30-10-5-19(6-11-30)27-23-20-7-12-32(9-2-8-31-13-15-33-16-14-31)24(20)29-22(28-23)18-3-4-21(25)26-17-18/h3-4,7,12,17,19H,2,5-6,8-11,13-16H2,1H3,(H,27,28,29). The summed E-state index contributed by atoms with van der Waals surface area (Å²) in [6, 6.07) is 5.53. The number of halogens is 1. The van der Waals surface area contributed by atoms with E-state index in [1.807, 2.05) is 0 Å². The summed E-state index contributed by atoms with van der Waals surface area (Å²) in [5, 5.41) is 4.71. The highest BCUT2D eigenvalue weighted by molar-refractivity contribution is 5.89. The fraction of sp³-hybridized carbons (Fsp3) is 0.542. The Morgan fingerprint density at radius 1 is 1.06 bits per heavy atom. The summed E-state index contributed by atoms with van der Waals surface area (Å²) in [5.41, 5.74) is 1.62. The summed E-state index contributed by atoms with van der Waals surface area (Å²) < 4.78 is 21.1. The third kappa shape index (κ3) is 5.31. The molecule has 8 nitrogen and oxygen atoms in total. The predicted molar refractivity (Wildman–Crippen MR) is 127 cm³/mol. The second kappa shape index (κ2) is 10.1. The summed E-state index contributed by atoms with van der Waals surface area (Å²) in [5.74, 6) is 0.912. The van der Waals surface area contributed by atoms with E-state index < -0.39 is 5.95 Å². The average Bonchev–Trinajstić information content (AvgIpc) is 3.25. The van der Waals surface area contributed by atoms with E-state index >= 15 is 0 Å². The first-order chi connectivity index (χ1) is 16.2. The maximum Gasteiger partial charge on any atom is 0.212 e. The molecule has 0 unspecified atom stereocenters. The number of fused-ring (bicyclic) bond motifs is 1. The molecule has 0 saturated carbocycles. The van der Waals surface area contributed by atoms with Gasteiger partial charge in [-0.25, -0.2) is 15.0 Å². The zero-order valence-corrected chi connectivity index (χ0v) is 19.2. The van der Waals surface area contributed by atoms with Gasteiger partial charge < -0.3 is 19.5 Å². The molecule has 2 aliphatic rings. The number of hydrogen-bond donors (Lipinski definition) is 1. The van der Waals surface area contributed by atoms with Crippen molar-refractivity contribution in [3.8, 4) is 11.4 Å². The Balaban J connectivity index is 1.41. The lowest BCUT2D eigenvalue weighted by Gasteiger charge is -2.30. The number of rotatable bonds is 7. The van der Waals surface area contributed by atoms with E-state index in [2.05, 4.69) is 44.0 Å². The lowest BCUT2D eigenvalue weighted by molar-refractivity contribution is 0.0369. The van der Waals surface area contributed by atoms with Crippen molar-refractivity contribution < 1.29 is 9.13 Å². The van der Waals surface area contributed by atoms with Crippen molar-refractivity contribution >= 4 is 16.9 Å². The molecular weight excluding hydrogens is 421 g/mol. The van der Waals surface area contributed by atoms with Gasteiger partial charge in [-0.05, 0) is 57.6 Å². The highest BCUT2D eigenvalue weighted by atomic mass is 19.1. The number of morpholine rings is 1. The van der Waals surface area contributed by atoms with Crippen LogP contribution in [0.4, 0.5) is 10.2 Å². The molecule has 2 fully saturated rings. The lowest BCUT2D eigenvalue weighted by atomic mass is 10.1. The van der Waals surface area contributed by atoms with E-state index in [0.29, 0.717) is 17.4 Å². The maximum absolute atomic E-state index is 13.4. The van der Waals surface area contributed by atoms with Crippen LogP contribution in [-0.4, -0.2) is 88.3 Å². The number of aromatic nitrogens is 4. The number of ether oxygens (including phenoxy) is 1. The maximum atomic E-state index is 13.4. The van der Waals surface area contributed by atoms with Gasteiger partial charge in [0.15, 0.2) is 5.82 Å². The van der Waals surface area contributed by atoms with Gasteiger partial charge in [-0.3, -0.25) is 4.90 Å². The minimum absolute atomic E-state index is 0.378. The molecule has 3 aromatic rings. The minimum Gasteiger partial charge on any atom is -0.379 e. The van der Waals surface area contributed by atoms with Crippen molar-refractivity contribution in [2.75, 3.05) is 58.3 Å². The third-order valence-corrected chi connectivity index (χ3v) is 6.64. The highest BCUT2D eigenvalue weighted by Gasteiger charge is 2.20. The van der Waals surface area contributed by atoms with Gasteiger partial charge in [0.1, 0.15) is 11.5 Å². The predicted octanol–water partition coefficient (Wildman–Crippen LogP) is 2.86. The zero-order chi connectivity index (χ0) is 22.6. The van der Waals surface area contributed by atoms with Crippen LogP contribution < -0.4 is 5.32 Å². The quantitative estimate of drug-likeness (QED) is 0.552. The van der Waals surface area contributed by atoms with E-state index in [0.717, 1.165) is 88.6 Å². The number of piperidine rings is 1. The van der Waals surface area contributed by atoms with Crippen molar-refractivity contribution in [2.24, 2.45) is 0 Å². The summed E-state index contributed by atoms with van der Waals surface area (Å²) in [4.78, 5) is 18.3. The van der Waals surface area contributed by atoms with Crippen LogP contribution in [0.15, 0.2) is 30.6 Å². The number of nitrogens with one attached hydrogen (secondary N) is 1. The first-order valence-electron chi connectivity index (χ1n) is 11.9. The first kappa shape index (κ1) is 22.2. The van der Waals surface area contributed by atoms with Gasteiger partial charge in [-0.1, -0.05) is 0 Å². The molecule has 1 N–H and O–H groups in total. The van der Waals surface area contributed by atoms with Crippen molar-refractivity contribution in [2.45, 2.75) is 31.8 Å². The Bertz CT molecular complexity index is 1060. The number of aryl methyl sites for hydroxylation is 1. The summed E-state index contributed by atoms with van der Waals surface area (Å²) in [6.07, 6.45) is 6.80. The molecule has 0 aliphatic carbocycles. The van der Waals surface area contributed by atoms with E-state index in [1.165, 1.54) is 12.3 Å². The van der Waals surface area contributed by atoms with Gasteiger partial charge in [-0.15, -0.1) is 0 Å². The van der Waals surface area contributed by atoms with E-state index in [-0.39, 0.29) is 0 Å². The smallest absolute Gasteiger partial charge is 0.212 e. The SMILES string of the molecule is CN1CCC(Nc2nc(-c3ccc(F)nc3)nc3c2ccn3CCCN2CCOCC2)CC1. The average molecular weight is 454 g/mol. The summed E-state index contributed by atoms with van der Waals surface area (Å²) in [7, 11) is 2.16. The fourth-order valence-corrected chi connectivity index (χ4v) is 4.63. The Morgan fingerprint density at radius 3 is 2.64 bits per heavy atom. The van der Waals surface area contributed by atoms with E-state index in [9.17, 15) is 4.39 Å². The second-order valence-corrected chi connectivity index (χ2v) is 9.04. The van der Waals surface area contributed by atoms with E-state index in [1.54, 1.807) is 6.07 Å². The molecular formula is C24H32FN7O. The molecule has 5 heterocycles. The fourth-order valence-electron chi connectivity index (χ4n) is 4.63. The molecule has 3 aromatic heterocycles. The molecule has 33 heavy (non-hydrogen) atoms. The van der Waals surface area contributed by atoms with Crippen LogP contribution in [0.25, 0.3) is 22.4 Å². The molecule has 0 amide bonds. The molecule has 0 aromatic carbocycles. The lowest BCUT2D eigenvalue weighted by Crippen LogP contribution is -2.37. The molecule has 0 radical (unpaired) electrons. The summed E-state index contributed by atoms with van der Waals surface area (Å²) >= 11 is 0. The number of pyridine rings is 1. The van der Waals surface area contributed by atoms with Crippen LogP contribution >= 0.6 is 0 Å². The van der Waals surface area contributed by atoms with Crippen LogP contribution in [0.1, 0.15) is 19.3 Å². The third-order valence-electron chi connectivity index (χ3n) is 6.64. The summed E-state index contributed by atoms with van der Waals surface area (Å²) in [6.45, 7) is 7.71. The topological polar surface area (TPSA) is 71.3 Å². The second-order valence-electron chi connectivity index (χ2n) is 9.04. The number of nitrogens with zero attached hydrogens (tertiary/aromatic N) is 6. The van der Waals surface area contributed by atoms with Crippen LogP contribution in [0.3, 0.4) is 0 Å². The zero-order valence-electron chi connectivity index (χ0n) is 19.2. The van der Waals surface area contributed by atoms with Crippen LogP contribution in [0.5, 0.6) is 0 Å². The Hall–Kier alpha value is -2.62. The Labute approximate surface area is 193 Å². The van der Waals surface area contributed by atoms with Gasteiger partial charge in [0.2, 0.25) is 5.95 Å². The molecule has 5 rings (SSSR count). The highest BCUT2D eigenvalue weighted by Crippen LogP contribution is 2.28. The van der Waals surface area contributed by atoms with E-state index in [4.69, 9.17) is 14.7 Å². The number of anilines is 1. The van der Waals surface area contributed by atoms with Gasteiger partial charge in [0.05, 0.1) is 18.6 Å². The van der Waals surface area contributed by atoms with Gasteiger partial charge in [-0.2, -0.15) is 4.39 Å². The molecule has 176 valence electrons. The molecule has 0 spiro atoms. The first-order valence-corrected chi connectivity index (χ1v) is 11.9. The van der Waals surface area contributed by atoms with Crippen LogP contribution in [-0.2, 0) is 11.3 Å². The van der Waals surface area contributed by atoms with Crippen molar-refractivity contribution in [3.05, 3.63) is 36.5 Å². The molecule has 2 saturated heterocycles. The van der Waals surface area contributed by atoms with Gasteiger partial charge >= 0.3 is 0 Å². The van der Waals surface area contributed by atoms with Gasteiger partial charge in [0.25, 0.3) is 0 Å².